The van der Waals surface area contributed by atoms with Crippen LogP contribution in [-0.2, 0) is 5.75 Å². The van der Waals surface area contributed by atoms with Crippen LogP contribution in [0.15, 0.2) is 49.3 Å². The Morgan fingerprint density at radius 1 is 1.13 bits per heavy atom. The van der Waals surface area contributed by atoms with Crippen molar-refractivity contribution in [3.8, 4) is 16.9 Å². The van der Waals surface area contributed by atoms with Gasteiger partial charge < -0.3 is 4.98 Å². The van der Waals surface area contributed by atoms with Gasteiger partial charge in [-0.05, 0) is 24.0 Å². The van der Waals surface area contributed by atoms with E-state index < -0.39 is 0 Å². The molecule has 23 heavy (non-hydrogen) atoms. The van der Waals surface area contributed by atoms with E-state index in [0.29, 0.717) is 5.65 Å². The maximum Gasteiger partial charge on any atom is 0.178 e. The highest BCUT2D eigenvalue weighted by Crippen LogP contribution is 2.25. The van der Waals surface area contributed by atoms with E-state index in [0.717, 1.165) is 28.2 Å². The lowest BCUT2D eigenvalue weighted by Crippen LogP contribution is -1.97. The first-order valence-electron chi connectivity index (χ1n) is 7.12. The van der Waals surface area contributed by atoms with Gasteiger partial charge in [0.25, 0.3) is 0 Å². The Morgan fingerprint density at radius 3 is 2.91 bits per heavy atom. The third kappa shape index (κ3) is 2.59. The standard InChI is InChI=1S/C16H14N6S/c1-23-9-11-2-3-14(18-6-11)22-8-12(7-21-22)13-4-5-17-16-15(13)19-10-20-16/h2-8,10H,9H2,1H3,(H,17,19,20). The van der Waals surface area contributed by atoms with E-state index in [4.69, 9.17) is 0 Å². The van der Waals surface area contributed by atoms with Crippen molar-refractivity contribution in [3.63, 3.8) is 0 Å². The third-order valence-corrected chi connectivity index (χ3v) is 4.20. The Kier molecular flexibility index (Phi) is 3.55. The number of fused-ring (bicyclic) bond motifs is 1. The summed E-state index contributed by atoms with van der Waals surface area (Å²) in [6, 6.07) is 6.03. The zero-order chi connectivity index (χ0) is 15.6. The summed E-state index contributed by atoms with van der Waals surface area (Å²) in [5.41, 5.74) is 4.85. The van der Waals surface area contributed by atoms with Crippen molar-refractivity contribution in [2.45, 2.75) is 5.75 Å². The summed E-state index contributed by atoms with van der Waals surface area (Å²) in [7, 11) is 0. The fraction of sp³-hybridized carbons (Fsp3) is 0.125. The minimum atomic E-state index is 0.704. The van der Waals surface area contributed by atoms with Crippen molar-refractivity contribution in [2.24, 2.45) is 0 Å². The number of pyridine rings is 2. The van der Waals surface area contributed by atoms with Crippen molar-refractivity contribution in [1.29, 1.82) is 0 Å². The van der Waals surface area contributed by atoms with E-state index >= 15 is 0 Å². The Morgan fingerprint density at radius 2 is 2.09 bits per heavy atom. The van der Waals surface area contributed by atoms with Gasteiger partial charge in [-0.15, -0.1) is 0 Å². The summed E-state index contributed by atoms with van der Waals surface area (Å²) >= 11 is 1.78. The topological polar surface area (TPSA) is 72.3 Å². The number of rotatable bonds is 4. The number of H-pyrrole nitrogens is 1. The molecule has 4 rings (SSSR count). The smallest absolute Gasteiger partial charge is 0.178 e. The predicted octanol–water partition coefficient (Wildman–Crippen LogP) is 3.07. The first kappa shape index (κ1) is 14.0. The van der Waals surface area contributed by atoms with Crippen LogP contribution in [0.5, 0.6) is 0 Å². The van der Waals surface area contributed by atoms with Gasteiger partial charge in [-0.3, -0.25) is 0 Å². The van der Waals surface area contributed by atoms with Gasteiger partial charge in [0.1, 0.15) is 0 Å². The Hall–Kier alpha value is -2.67. The Balaban J connectivity index is 1.70. The second kappa shape index (κ2) is 5.85. The van der Waals surface area contributed by atoms with Gasteiger partial charge in [-0.25, -0.2) is 19.6 Å². The summed E-state index contributed by atoms with van der Waals surface area (Å²) in [6.45, 7) is 0. The molecule has 0 fully saturated rings. The monoisotopic (exact) mass is 322 g/mol. The Bertz CT molecular complexity index is 941. The molecule has 0 atom stereocenters. The molecule has 0 aliphatic carbocycles. The quantitative estimate of drug-likeness (QED) is 0.625. The second-order valence-electron chi connectivity index (χ2n) is 5.09. The average molecular weight is 322 g/mol. The molecule has 0 radical (unpaired) electrons. The van der Waals surface area contributed by atoms with Gasteiger partial charge in [0.05, 0.1) is 18.0 Å². The molecule has 4 heterocycles. The first-order valence-corrected chi connectivity index (χ1v) is 8.52. The minimum absolute atomic E-state index is 0.704. The first-order chi connectivity index (χ1) is 11.3. The molecule has 0 aliphatic heterocycles. The van der Waals surface area contributed by atoms with E-state index in [-0.39, 0.29) is 0 Å². The molecule has 0 saturated carbocycles. The molecule has 0 unspecified atom stereocenters. The molecule has 4 aromatic rings. The number of thioether (sulfide) groups is 1. The van der Waals surface area contributed by atoms with Gasteiger partial charge >= 0.3 is 0 Å². The fourth-order valence-corrected chi connectivity index (χ4v) is 2.98. The van der Waals surface area contributed by atoms with Crippen LogP contribution in [-0.4, -0.2) is 36.0 Å². The third-order valence-electron chi connectivity index (χ3n) is 3.58. The van der Waals surface area contributed by atoms with E-state index in [1.807, 2.05) is 30.7 Å². The van der Waals surface area contributed by atoms with Crippen LogP contribution >= 0.6 is 11.8 Å². The summed E-state index contributed by atoms with van der Waals surface area (Å²) in [5.74, 6) is 1.77. The molecular formula is C16H14N6S. The molecule has 6 nitrogen and oxygen atoms in total. The lowest BCUT2D eigenvalue weighted by molar-refractivity contribution is 0.845. The van der Waals surface area contributed by atoms with Crippen LogP contribution in [0, 0.1) is 0 Å². The molecule has 7 heteroatoms. The molecule has 4 aromatic heterocycles. The lowest BCUT2D eigenvalue weighted by atomic mass is 10.1. The predicted molar refractivity (Wildman–Crippen MR) is 91.5 cm³/mol. The highest BCUT2D eigenvalue weighted by molar-refractivity contribution is 7.97. The number of hydrogen-bond acceptors (Lipinski definition) is 5. The molecule has 0 aliphatic rings. The van der Waals surface area contributed by atoms with Crippen molar-refractivity contribution in [1.82, 2.24) is 29.7 Å². The molecule has 114 valence electrons. The summed E-state index contributed by atoms with van der Waals surface area (Å²) in [4.78, 5) is 16.0. The van der Waals surface area contributed by atoms with Crippen molar-refractivity contribution < 1.29 is 0 Å². The fourth-order valence-electron chi connectivity index (χ4n) is 2.48. The SMILES string of the molecule is CSCc1ccc(-n2cc(-c3ccnc4nc[nH]c34)cn2)nc1. The normalized spacial score (nSPS) is 11.2. The number of nitrogens with zero attached hydrogens (tertiary/aromatic N) is 5. The number of imidazole rings is 1. The van der Waals surface area contributed by atoms with Crippen LogP contribution in [0.3, 0.4) is 0 Å². The lowest BCUT2D eigenvalue weighted by Gasteiger charge is -2.02. The van der Waals surface area contributed by atoms with E-state index in [2.05, 4.69) is 37.4 Å². The summed E-state index contributed by atoms with van der Waals surface area (Å²) in [5, 5.41) is 4.42. The van der Waals surface area contributed by atoms with Gasteiger partial charge in [0.15, 0.2) is 11.5 Å². The van der Waals surface area contributed by atoms with E-state index in [1.54, 1.807) is 29.0 Å². The average Bonchev–Trinajstić information content (AvgIpc) is 3.25. The van der Waals surface area contributed by atoms with Gasteiger partial charge in [-0.2, -0.15) is 16.9 Å². The molecule has 1 N–H and O–H groups in total. The Labute approximate surface area is 137 Å². The van der Waals surface area contributed by atoms with Crippen LogP contribution in [0.2, 0.25) is 0 Å². The molecule has 0 aromatic carbocycles. The van der Waals surface area contributed by atoms with Crippen molar-refractivity contribution in [2.75, 3.05) is 6.26 Å². The highest BCUT2D eigenvalue weighted by atomic mass is 32.2. The molecule has 0 spiro atoms. The van der Waals surface area contributed by atoms with Crippen LogP contribution in [0.4, 0.5) is 0 Å². The van der Waals surface area contributed by atoms with Crippen LogP contribution in [0.1, 0.15) is 5.56 Å². The minimum Gasteiger partial charge on any atom is -0.343 e. The summed E-state index contributed by atoms with van der Waals surface area (Å²) < 4.78 is 1.78. The number of hydrogen-bond donors (Lipinski definition) is 1. The maximum absolute atomic E-state index is 4.48. The maximum atomic E-state index is 4.48. The van der Waals surface area contributed by atoms with E-state index in [1.165, 1.54) is 5.56 Å². The summed E-state index contributed by atoms with van der Waals surface area (Å²) in [6.07, 6.45) is 11.2. The van der Waals surface area contributed by atoms with Gasteiger partial charge in [0.2, 0.25) is 0 Å². The van der Waals surface area contributed by atoms with Crippen molar-refractivity contribution in [3.05, 3.63) is 54.9 Å². The van der Waals surface area contributed by atoms with E-state index in [9.17, 15) is 0 Å². The second-order valence-corrected chi connectivity index (χ2v) is 5.96. The molecule has 0 saturated heterocycles. The molecular weight excluding hydrogens is 308 g/mol. The van der Waals surface area contributed by atoms with Crippen molar-refractivity contribution >= 4 is 22.9 Å². The van der Waals surface area contributed by atoms with Gasteiger partial charge in [-0.1, -0.05) is 6.07 Å². The number of nitrogens with one attached hydrogen (secondary N) is 1. The van der Waals surface area contributed by atoms with Crippen LogP contribution in [0.25, 0.3) is 28.1 Å². The van der Waals surface area contributed by atoms with Gasteiger partial charge in [0, 0.05) is 35.5 Å². The highest BCUT2D eigenvalue weighted by Gasteiger charge is 2.09. The van der Waals surface area contributed by atoms with Crippen LogP contribution < -0.4 is 0 Å². The number of aromatic nitrogens is 6. The molecule has 0 amide bonds. The zero-order valence-electron chi connectivity index (χ0n) is 12.5. The largest absolute Gasteiger partial charge is 0.343 e. The number of aromatic amines is 1. The zero-order valence-corrected chi connectivity index (χ0v) is 13.3. The molecule has 0 bridgehead atoms.